The maximum Gasteiger partial charge on any atom is 0.307 e. The highest BCUT2D eigenvalue weighted by atomic mass is 16.5. The second-order valence-corrected chi connectivity index (χ2v) is 4.69. The molecule has 0 saturated carbocycles. The van der Waals surface area contributed by atoms with Crippen LogP contribution in [0.3, 0.4) is 0 Å². The predicted molar refractivity (Wildman–Crippen MR) is 75.8 cm³/mol. The molecule has 0 radical (unpaired) electrons. The largest absolute Gasteiger partial charge is 0.483 e. The fourth-order valence-corrected chi connectivity index (χ4v) is 1.99. The Bertz CT molecular complexity index is 474. The molecule has 1 rings (SSSR count). The molecule has 0 aliphatic rings. The van der Waals surface area contributed by atoms with Crippen LogP contribution >= 0.6 is 0 Å². The van der Waals surface area contributed by atoms with Crippen LogP contribution in [0.15, 0.2) is 12.1 Å². The first-order valence-electron chi connectivity index (χ1n) is 6.48. The highest BCUT2D eigenvalue weighted by molar-refractivity contribution is 5.78. The minimum atomic E-state index is -0.351. The third-order valence-corrected chi connectivity index (χ3v) is 2.83. The van der Waals surface area contributed by atoms with E-state index in [-0.39, 0.29) is 31.4 Å². The zero-order chi connectivity index (χ0) is 15.1. The molecule has 20 heavy (non-hydrogen) atoms. The van der Waals surface area contributed by atoms with Crippen molar-refractivity contribution in [3.05, 3.63) is 28.8 Å². The summed E-state index contributed by atoms with van der Waals surface area (Å²) in [4.78, 5) is 22.5. The number of hydrogen-bond donors (Lipinski definition) is 1. The summed E-state index contributed by atoms with van der Waals surface area (Å²) in [6.45, 7) is 6.10. The SMILES string of the molecule is COC(=O)CCNC(=O)COc1c(C)cc(C)cc1C. The molecule has 5 nitrogen and oxygen atoms in total. The van der Waals surface area contributed by atoms with E-state index in [1.807, 2.05) is 32.9 Å². The normalized spacial score (nSPS) is 10.0. The standard InChI is InChI=1S/C15H21NO4/c1-10-7-11(2)15(12(3)8-10)20-9-13(17)16-6-5-14(18)19-4/h7-8H,5-6,9H2,1-4H3,(H,16,17). The Kier molecular flexibility index (Phi) is 6.03. The molecule has 5 heteroatoms. The van der Waals surface area contributed by atoms with Gasteiger partial charge in [-0.2, -0.15) is 0 Å². The van der Waals surface area contributed by atoms with Crippen LogP contribution in [0.5, 0.6) is 5.75 Å². The number of benzene rings is 1. The van der Waals surface area contributed by atoms with E-state index >= 15 is 0 Å². The fraction of sp³-hybridized carbons (Fsp3) is 0.467. The summed E-state index contributed by atoms with van der Waals surface area (Å²) in [5.74, 6) is 0.128. The Morgan fingerprint density at radius 2 is 1.75 bits per heavy atom. The molecule has 0 fully saturated rings. The van der Waals surface area contributed by atoms with E-state index in [9.17, 15) is 9.59 Å². The smallest absolute Gasteiger partial charge is 0.307 e. The van der Waals surface area contributed by atoms with Gasteiger partial charge in [-0.25, -0.2) is 0 Å². The number of hydrogen-bond acceptors (Lipinski definition) is 4. The average molecular weight is 279 g/mol. The van der Waals surface area contributed by atoms with Crippen LogP contribution in [-0.2, 0) is 14.3 Å². The third kappa shape index (κ3) is 4.91. The monoisotopic (exact) mass is 279 g/mol. The number of amides is 1. The molecule has 0 saturated heterocycles. The second kappa shape index (κ2) is 7.53. The molecule has 110 valence electrons. The van der Waals surface area contributed by atoms with E-state index in [2.05, 4.69) is 10.1 Å². The molecular weight excluding hydrogens is 258 g/mol. The van der Waals surface area contributed by atoms with Gasteiger partial charge in [-0.15, -0.1) is 0 Å². The number of carbonyl (C=O) groups is 2. The van der Waals surface area contributed by atoms with Gasteiger partial charge in [0.2, 0.25) is 0 Å². The minimum absolute atomic E-state index is 0.0636. The molecule has 1 amide bonds. The summed E-state index contributed by atoms with van der Waals surface area (Å²) in [5, 5.41) is 2.60. The van der Waals surface area contributed by atoms with E-state index in [0.717, 1.165) is 22.4 Å². The number of rotatable bonds is 6. The van der Waals surface area contributed by atoms with Crippen molar-refractivity contribution >= 4 is 11.9 Å². The van der Waals surface area contributed by atoms with Gasteiger partial charge >= 0.3 is 5.97 Å². The molecule has 1 aromatic rings. The Balaban J connectivity index is 2.43. The van der Waals surface area contributed by atoms with E-state index < -0.39 is 0 Å². The van der Waals surface area contributed by atoms with Crippen molar-refractivity contribution < 1.29 is 19.1 Å². The lowest BCUT2D eigenvalue weighted by molar-refractivity contribution is -0.140. The van der Waals surface area contributed by atoms with Gasteiger partial charge in [-0.05, 0) is 31.9 Å². The summed E-state index contributed by atoms with van der Waals surface area (Å²) >= 11 is 0. The predicted octanol–water partition coefficient (Wildman–Crippen LogP) is 1.67. The van der Waals surface area contributed by atoms with Gasteiger partial charge < -0.3 is 14.8 Å². The number of carbonyl (C=O) groups excluding carboxylic acids is 2. The summed E-state index contributed by atoms with van der Waals surface area (Å²) < 4.78 is 10.0. The number of methoxy groups -OCH3 is 1. The van der Waals surface area contributed by atoms with Crippen LogP contribution < -0.4 is 10.1 Å². The number of aryl methyl sites for hydroxylation is 3. The summed E-state index contributed by atoms with van der Waals surface area (Å²) in [5.41, 5.74) is 3.17. The Morgan fingerprint density at radius 1 is 1.15 bits per heavy atom. The van der Waals surface area contributed by atoms with E-state index in [1.165, 1.54) is 7.11 Å². The fourth-order valence-electron chi connectivity index (χ4n) is 1.99. The molecule has 1 aromatic carbocycles. The highest BCUT2D eigenvalue weighted by Crippen LogP contribution is 2.24. The maximum atomic E-state index is 11.6. The average Bonchev–Trinajstić information content (AvgIpc) is 2.37. The lowest BCUT2D eigenvalue weighted by Crippen LogP contribution is -2.31. The number of ether oxygens (including phenoxy) is 2. The molecule has 0 aliphatic heterocycles. The molecule has 1 N–H and O–H groups in total. The van der Waals surface area contributed by atoms with Gasteiger partial charge in [0.25, 0.3) is 5.91 Å². The molecule has 0 unspecified atom stereocenters. The number of nitrogens with one attached hydrogen (secondary N) is 1. The Labute approximate surface area is 119 Å². The van der Waals surface area contributed by atoms with Crippen LogP contribution in [0.2, 0.25) is 0 Å². The Hall–Kier alpha value is -2.04. The molecule has 0 atom stereocenters. The van der Waals surface area contributed by atoms with Crippen molar-refractivity contribution in [3.63, 3.8) is 0 Å². The zero-order valence-corrected chi connectivity index (χ0v) is 12.4. The zero-order valence-electron chi connectivity index (χ0n) is 12.4. The van der Waals surface area contributed by atoms with Crippen molar-refractivity contribution in [2.75, 3.05) is 20.3 Å². The molecule has 0 spiro atoms. The first-order chi connectivity index (χ1) is 9.43. The van der Waals surface area contributed by atoms with E-state index in [4.69, 9.17) is 4.74 Å². The molecule has 0 aliphatic carbocycles. The minimum Gasteiger partial charge on any atom is -0.483 e. The maximum absolute atomic E-state index is 11.6. The van der Waals surface area contributed by atoms with E-state index in [1.54, 1.807) is 0 Å². The van der Waals surface area contributed by atoms with Crippen LogP contribution in [0.1, 0.15) is 23.1 Å². The van der Waals surface area contributed by atoms with Gasteiger partial charge in [0.1, 0.15) is 5.75 Å². The highest BCUT2D eigenvalue weighted by Gasteiger charge is 2.08. The van der Waals surface area contributed by atoms with Gasteiger partial charge in [-0.3, -0.25) is 9.59 Å². The van der Waals surface area contributed by atoms with Gasteiger partial charge in [0.15, 0.2) is 6.61 Å². The first-order valence-corrected chi connectivity index (χ1v) is 6.48. The van der Waals surface area contributed by atoms with E-state index in [0.29, 0.717) is 0 Å². The number of esters is 1. The van der Waals surface area contributed by atoms with Gasteiger partial charge in [0.05, 0.1) is 13.5 Å². The lowest BCUT2D eigenvalue weighted by Gasteiger charge is -2.13. The van der Waals surface area contributed by atoms with Crippen molar-refractivity contribution in [1.82, 2.24) is 5.32 Å². The van der Waals surface area contributed by atoms with Crippen LogP contribution in [0, 0.1) is 20.8 Å². The van der Waals surface area contributed by atoms with Crippen molar-refractivity contribution in [2.45, 2.75) is 27.2 Å². The quantitative estimate of drug-likeness (QED) is 0.804. The van der Waals surface area contributed by atoms with Crippen LogP contribution in [0.25, 0.3) is 0 Å². The molecule has 0 heterocycles. The van der Waals surface area contributed by atoms with Crippen LogP contribution in [-0.4, -0.2) is 32.1 Å². The van der Waals surface area contributed by atoms with Crippen molar-refractivity contribution in [2.24, 2.45) is 0 Å². The van der Waals surface area contributed by atoms with Crippen LogP contribution in [0.4, 0.5) is 0 Å². The summed E-state index contributed by atoms with van der Waals surface area (Å²) in [7, 11) is 1.32. The van der Waals surface area contributed by atoms with Crippen molar-refractivity contribution in [3.8, 4) is 5.75 Å². The Morgan fingerprint density at radius 3 is 2.30 bits per heavy atom. The van der Waals surface area contributed by atoms with Gasteiger partial charge in [0, 0.05) is 6.54 Å². The lowest BCUT2D eigenvalue weighted by atomic mass is 10.1. The second-order valence-electron chi connectivity index (χ2n) is 4.69. The molecular formula is C15H21NO4. The van der Waals surface area contributed by atoms with Crippen molar-refractivity contribution in [1.29, 1.82) is 0 Å². The third-order valence-electron chi connectivity index (χ3n) is 2.83. The molecule has 0 aromatic heterocycles. The molecule has 0 bridgehead atoms. The first kappa shape index (κ1) is 16.0. The topological polar surface area (TPSA) is 64.6 Å². The van der Waals surface area contributed by atoms with Gasteiger partial charge in [-0.1, -0.05) is 17.7 Å². The summed E-state index contributed by atoms with van der Waals surface area (Å²) in [6, 6.07) is 4.02. The summed E-state index contributed by atoms with van der Waals surface area (Å²) in [6.07, 6.45) is 0.158.